The van der Waals surface area contributed by atoms with Gasteiger partial charge in [0.1, 0.15) is 24.4 Å². The van der Waals surface area contributed by atoms with Crippen LogP contribution in [0.4, 0.5) is 0 Å². The van der Waals surface area contributed by atoms with Gasteiger partial charge in [0, 0.05) is 13.2 Å². The number of ether oxygens (including phenoxy) is 1. The summed E-state index contributed by atoms with van der Waals surface area (Å²) in [5, 5.41) is 20.0. The van der Waals surface area contributed by atoms with Gasteiger partial charge in [0.15, 0.2) is 0 Å². The molecule has 1 fully saturated rings. The predicted octanol–water partition coefficient (Wildman–Crippen LogP) is -2.27. The van der Waals surface area contributed by atoms with E-state index in [1.807, 2.05) is 4.98 Å². The lowest BCUT2D eigenvalue weighted by Crippen LogP contribution is -2.38. The van der Waals surface area contributed by atoms with Crippen LogP contribution in [0.15, 0.2) is 15.8 Å². The minimum Gasteiger partial charge on any atom is -0.387 e. The number of aromatic nitrogens is 2. The smallest absolute Gasteiger partial charge is 0.387 e. The fraction of sp³-hybridized carbons (Fsp3) is 0.636. The van der Waals surface area contributed by atoms with Crippen molar-refractivity contribution in [2.24, 2.45) is 7.05 Å². The van der Waals surface area contributed by atoms with Crippen LogP contribution in [-0.4, -0.2) is 54.0 Å². The first kappa shape index (κ1) is 18.0. The van der Waals surface area contributed by atoms with Crippen molar-refractivity contribution >= 4 is 7.82 Å². The highest BCUT2D eigenvalue weighted by atomic mass is 31.2. The molecular formula is C11H17N2O9P. The van der Waals surface area contributed by atoms with Crippen LogP contribution in [0.2, 0.25) is 0 Å². The minimum absolute atomic E-state index is 0.107. The summed E-state index contributed by atoms with van der Waals surface area (Å²) < 4.78 is 21.7. The van der Waals surface area contributed by atoms with E-state index in [0.717, 1.165) is 10.8 Å². The molecule has 0 spiro atoms. The number of phosphoric ester groups is 1. The first-order valence-corrected chi connectivity index (χ1v) is 8.09. The minimum atomic E-state index is -4.82. The molecule has 1 aromatic heterocycles. The van der Waals surface area contributed by atoms with Crippen molar-refractivity contribution in [1.82, 2.24) is 9.55 Å². The zero-order valence-electron chi connectivity index (χ0n) is 12.2. The number of H-pyrrole nitrogens is 1. The molecule has 1 aromatic rings. The Balaban J connectivity index is 2.30. The SMILES string of the molecule is CC(OP(=O)(O)O)[C@H]1O[C@@H](c2cn(C)c(=O)[nH]c2=O)[C@H](O)[C@@H]1O. The van der Waals surface area contributed by atoms with Gasteiger partial charge in [0.05, 0.1) is 11.7 Å². The first-order chi connectivity index (χ1) is 10.5. The normalized spacial score (nSPS) is 29.7. The molecule has 1 saturated heterocycles. The maximum atomic E-state index is 11.8. The molecule has 1 aliphatic heterocycles. The van der Waals surface area contributed by atoms with Gasteiger partial charge in [-0.1, -0.05) is 0 Å². The highest BCUT2D eigenvalue weighted by Gasteiger charge is 2.48. The molecule has 0 saturated carbocycles. The number of phosphoric acid groups is 1. The fourth-order valence-electron chi connectivity index (χ4n) is 2.41. The molecule has 5 atom stereocenters. The average Bonchev–Trinajstić information content (AvgIpc) is 2.69. The third-order valence-electron chi connectivity index (χ3n) is 3.51. The van der Waals surface area contributed by atoms with Gasteiger partial charge in [-0.3, -0.25) is 14.3 Å². The molecule has 0 aliphatic carbocycles. The van der Waals surface area contributed by atoms with Crippen LogP contribution in [0.1, 0.15) is 18.6 Å². The molecule has 0 aromatic carbocycles. The molecule has 11 nitrogen and oxygen atoms in total. The van der Waals surface area contributed by atoms with Crippen molar-refractivity contribution < 1.29 is 33.8 Å². The van der Waals surface area contributed by atoms with E-state index in [0.29, 0.717) is 0 Å². The van der Waals surface area contributed by atoms with Crippen LogP contribution < -0.4 is 11.2 Å². The van der Waals surface area contributed by atoms with Gasteiger partial charge in [-0.25, -0.2) is 9.36 Å². The Bertz CT molecular complexity index is 738. The lowest BCUT2D eigenvalue weighted by atomic mass is 10.0. The second-order valence-electron chi connectivity index (χ2n) is 5.26. The van der Waals surface area contributed by atoms with E-state index in [-0.39, 0.29) is 5.56 Å². The van der Waals surface area contributed by atoms with Crippen molar-refractivity contribution in [1.29, 1.82) is 0 Å². The number of aromatic amines is 1. The van der Waals surface area contributed by atoms with Crippen LogP contribution in [0, 0.1) is 0 Å². The summed E-state index contributed by atoms with van der Waals surface area (Å²) in [6.07, 6.45) is -5.75. The summed E-state index contributed by atoms with van der Waals surface area (Å²) in [6, 6.07) is 0. The third-order valence-corrected chi connectivity index (χ3v) is 4.12. The van der Waals surface area contributed by atoms with E-state index >= 15 is 0 Å². The second-order valence-corrected chi connectivity index (χ2v) is 6.45. The Morgan fingerprint density at radius 2 is 1.96 bits per heavy atom. The standard InChI is InChI=1S/C11H17N2O9P/c1-4(22-23(18,19)20)8-6(14)7(15)9(21-8)5-3-13(2)11(17)12-10(5)16/h3-4,6-9,14-15H,1-2H3,(H,12,16,17)(H2,18,19,20)/t4?,6-,7+,8+,9-/m0/s1. The number of nitrogens with one attached hydrogen (secondary N) is 1. The van der Waals surface area contributed by atoms with Crippen LogP contribution in [-0.2, 0) is 20.9 Å². The summed E-state index contributed by atoms with van der Waals surface area (Å²) >= 11 is 0. The Labute approximate surface area is 129 Å². The average molecular weight is 352 g/mol. The number of hydrogen-bond acceptors (Lipinski definition) is 7. The fourth-order valence-corrected chi connectivity index (χ4v) is 2.97. The quantitative estimate of drug-likeness (QED) is 0.375. The van der Waals surface area contributed by atoms with Gasteiger partial charge >= 0.3 is 13.5 Å². The molecule has 1 aliphatic rings. The molecule has 2 rings (SSSR count). The molecule has 0 bridgehead atoms. The van der Waals surface area contributed by atoms with Gasteiger partial charge in [-0.15, -0.1) is 0 Å². The van der Waals surface area contributed by atoms with Crippen LogP contribution in [0.5, 0.6) is 0 Å². The number of nitrogens with zero attached hydrogens (tertiary/aromatic N) is 1. The maximum absolute atomic E-state index is 11.8. The van der Waals surface area contributed by atoms with Crippen molar-refractivity contribution in [3.05, 3.63) is 32.6 Å². The summed E-state index contributed by atoms with van der Waals surface area (Å²) in [7, 11) is -3.45. The van der Waals surface area contributed by atoms with E-state index in [4.69, 9.17) is 14.5 Å². The van der Waals surface area contributed by atoms with Crippen LogP contribution in [0.3, 0.4) is 0 Å². The van der Waals surface area contributed by atoms with Crippen molar-refractivity contribution in [2.45, 2.75) is 37.4 Å². The van der Waals surface area contributed by atoms with Crippen LogP contribution in [0.25, 0.3) is 0 Å². The van der Waals surface area contributed by atoms with Gasteiger partial charge in [-0.2, -0.15) is 0 Å². The summed E-state index contributed by atoms with van der Waals surface area (Å²) in [4.78, 5) is 42.8. The zero-order valence-corrected chi connectivity index (χ0v) is 13.1. The van der Waals surface area contributed by atoms with E-state index in [1.165, 1.54) is 14.0 Å². The van der Waals surface area contributed by atoms with Gasteiger partial charge in [0.2, 0.25) is 0 Å². The molecule has 2 heterocycles. The molecule has 12 heteroatoms. The number of aliphatic hydroxyl groups excluding tert-OH is 2. The Morgan fingerprint density at radius 3 is 2.52 bits per heavy atom. The Morgan fingerprint density at radius 1 is 1.35 bits per heavy atom. The third kappa shape index (κ3) is 3.78. The van der Waals surface area contributed by atoms with Crippen molar-refractivity contribution in [3.63, 3.8) is 0 Å². The van der Waals surface area contributed by atoms with E-state index in [1.54, 1.807) is 0 Å². The number of aryl methyl sites for hydroxylation is 1. The summed E-state index contributed by atoms with van der Waals surface area (Å²) in [5.74, 6) is 0. The number of hydrogen-bond donors (Lipinski definition) is 5. The lowest BCUT2D eigenvalue weighted by molar-refractivity contribution is -0.0572. The largest absolute Gasteiger partial charge is 0.469 e. The predicted molar refractivity (Wildman–Crippen MR) is 74.5 cm³/mol. The maximum Gasteiger partial charge on any atom is 0.469 e. The molecular weight excluding hydrogens is 335 g/mol. The number of aliphatic hydroxyl groups is 2. The topological polar surface area (TPSA) is 171 Å². The summed E-state index contributed by atoms with van der Waals surface area (Å²) in [5.41, 5.74) is -1.57. The Hall–Kier alpha value is -1.33. The lowest BCUT2D eigenvalue weighted by Gasteiger charge is -2.22. The molecule has 5 N–H and O–H groups in total. The van der Waals surface area contributed by atoms with Crippen molar-refractivity contribution in [2.75, 3.05) is 0 Å². The molecule has 23 heavy (non-hydrogen) atoms. The van der Waals surface area contributed by atoms with Gasteiger partial charge in [0.25, 0.3) is 5.56 Å². The van der Waals surface area contributed by atoms with Gasteiger partial charge < -0.3 is 29.3 Å². The number of rotatable bonds is 4. The second kappa shape index (κ2) is 6.29. The monoisotopic (exact) mass is 352 g/mol. The highest BCUT2D eigenvalue weighted by molar-refractivity contribution is 7.46. The zero-order chi connectivity index (χ0) is 17.5. The molecule has 0 radical (unpaired) electrons. The first-order valence-electron chi connectivity index (χ1n) is 6.56. The summed E-state index contributed by atoms with van der Waals surface area (Å²) in [6.45, 7) is 1.24. The van der Waals surface area contributed by atoms with E-state index in [2.05, 4.69) is 4.52 Å². The van der Waals surface area contributed by atoms with E-state index < -0.39 is 49.6 Å². The van der Waals surface area contributed by atoms with Crippen LogP contribution >= 0.6 is 7.82 Å². The Kier molecular flexibility index (Phi) is 4.92. The van der Waals surface area contributed by atoms with Gasteiger partial charge in [-0.05, 0) is 6.92 Å². The van der Waals surface area contributed by atoms with E-state index in [9.17, 15) is 24.4 Å². The molecule has 130 valence electrons. The molecule has 1 unspecified atom stereocenters. The molecule has 0 amide bonds. The highest BCUT2D eigenvalue weighted by Crippen LogP contribution is 2.42. The van der Waals surface area contributed by atoms with Crippen molar-refractivity contribution in [3.8, 4) is 0 Å².